The second-order valence-electron chi connectivity index (χ2n) is 7.66. The van der Waals surface area contributed by atoms with Gasteiger partial charge in [0.2, 0.25) is 0 Å². The Labute approximate surface area is 169 Å². The van der Waals surface area contributed by atoms with Crippen LogP contribution in [0.2, 0.25) is 0 Å². The van der Waals surface area contributed by atoms with Gasteiger partial charge in [-0.3, -0.25) is 0 Å². The molecule has 1 unspecified atom stereocenters. The van der Waals surface area contributed by atoms with Crippen LogP contribution < -0.4 is 10.1 Å². The third-order valence-corrected chi connectivity index (χ3v) is 6.47. The van der Waals surface area contributed by atoms with Crippen LogP contribution in [-0.4, -0.2) is 16.7 Å². The molecule has 0 bridgehead atoms. The Morgan fingerprint density at radius 2 is 1.93 bits per heavy atom. The molecule has 3 aromatic rings. The average molecular weight is 393 g/mol. The molecule has 1 heterocycles. The minimum atomic E-state index is -0.434. The molecule has 1 atom stereocenters. The van der Waals surface area contributed by atoms with E-state index in [-0.39, 0.29) is 0 Å². The number of para-hydroxylation sites is 1. The number of aliphatic hydroxyl groups is 1. The molecule has 28 heavy (non-hydrogen) atoms. The van der Waals surface area contributed by atoms with Crippen molar-refractivity contribution in [1.82, 2.24) is 4.98 Å². The Bertz CT molecular complexity index is 966. The first-order valence-corrected chi connectivity index (χ1v) is 10.9. The number of hydrogen-bond acceptors (Lipinski definition) is 5. The van der Waals surface area contributed by atoms with Crippen LogP contribution in [-0.2, 0) is 6.42 Å². The lowest BCUT2D eigenvalue weighted by Crippen LogP contribution is -2.07. The highest BCUT2D eigenvalue weighted by Gasteiger charge is 2.25. The van der Waals surface area contributed by atoms with Gasteiger partial charge in [0.15, 0.2) is 10.9 Å². The van der Waals surface area contributed by atoms with E-state index in [1.54, 1.807) is 11.3 Å². The SMILES string of the molecule is OC1CCCc2sc(Nc3cccc(-c4ccccc4)c3OCC3CC3)nc21. The van der Waals surface area contributed by atoms with Gasteiger partial charge in [-0.25, -0.2) is 4.98 Å². The molecular weight excluding hydrogens is 368 g/mol. The molecule has 4 nitrogen and oxygen atoms in total. The zero-order chi connectivity index (χ0) is 18.9. The van der Waals surface area contributed by atoms with E-state index in [9.17, 15) is 5.11 Å². The highest BCUT2D eigenvalue weighted by atomic mass is 32.1. The van der Waals surface area contributed by atoms with Gasteiger partial charge in [0.05, 0.1) is 24.1 Å². The first kappa shape index (κ1) is 17.7. The summed E-state index contributed by atoms with van der Waals surface area (Å²) < 4.78 is 6.31. The van der Waals surface area contributed by atoms with Gasteiger partial charge in [-0.1, -0.05) is 42.5 Å². The molecule has 0 aliphatic heterocycles. The third-order valence-electron chi connectivity index (χ3n) is 5.43. The summed E-state index contributed by atoms with van der Waals surface area (Å²) >= 11 is 1.64. The summed E-state index contributed by atoms with van der Waals surface area (Å²) in [6.45, 7) is 0.756. The number of nitrogens with zero attached hydrogens (tertiary/aromatic N) is 1. The van der Waals surface area contributed by atoms with Crippen molar-refractivity contribution in [3.8, 4) is 16.9 Å². The van der Waals surface area contributed by atoms with Crippen LogP contribution in [0.4, 0.5) is 10.8 Å². The smallest absolute Gasteiger partial charge is 0.187 e. The molecule has 5 rings (SSSR count). The van der Waals surface area contributed by atoms with Crippen molar-refractivity contribution in [2.24, 2.45) is 5.92 Å². The largest absolute Gasteiger partial charge is 0.490 e. The fourth-order valence-corrected chi connectivity index (χ4v) is 4.76. The van der Waals surface area contributed by atoms with E-state index in [2.05, 4.69) is 46.7 Å². The molecule has 0 radical (unpaired) electrons. The summed E-state index contributed by atoms with van der Waals surface area (Å²) in [4.78, 5) is 5.88. The van der Waals surface area contributed by atoms with E-state index in [4.69, 9.17) is 4.74 Å². The quantitative estimate of drug-likeness (QED) is 0.564. The Morgan fingerprint density at radius 3 is 2.71 bits per heavy atom. The van der Waals surface area contributed by atoms with Crippen LogP contribution >= 0.6 is 11.3 Å². The number of ether oxygens (including phenoxy) is 1. The van der Waals surface area contributed by atoms with E-state index in [1.807, 2.05) is 12.1 Å². The first-order valence-electron chi connectivity index (χ1n) is 10.0. The molecular formula is C23H24N2O2S. The van der Waals surface area contributed by atoms with Crippen molar-refractivity contribution in [2.45, 2.75) is 38.2 Å². The maximum atomic E-state index is 10.2. The fourth-order valence-electron chi connectivity index (χ4n) is 3.69. The molecule has 1 fully saturated rings. The number of benzene rings is 2. The lowest BCUT2D eigenvalue weighted by molar-refractivity contribution is 0.153. The van der Waals surface area contributed by atoms with Crippen molar-refractivity contribution in [2.75, 3.05) is 11.9 Å². The Balaban J connectivity index is 1.49. The lowest BCUT2D eigenvalue weighted by atomic mass is 10.0. The summed E-state index contributed by atoms with van der Waals surface area (Å²) in [7, 11) is 0. The Kier molecular flexibility index (Phi) is 4.79. The zero-order valence-corrected chi connectivity index (χ0v) is 16.5. The first-order chi connectivity index (χ1) is 13.8. The topological polar surface area (TPSA) is 54.4 Å². The molecule has 1 saturated carbocycles. The number of nitrogens with one attached hydrogen (secondary N) is 1. The van der Waals surface area contributed by atoms with Crippen molar-refractivity contribution in [3.05, 3.63) is 59.1 Å². The standard InChI is InChI=1S/C23H24N2O2S/c26-19-10-5-11-20-21(19)25-23(28-20)24-18-9-4-8-17(16-6-2-1-3-7-16)22(18)27-14-15-12-13-15/h1-4,6-9,15,19,26H,5,10-14H2,(H,24,25). The Hall–Kier alpha value is -2.37. The molecule has 2 aliphatic rings. The molecule has 2 N–H and O–H groups in total. The predicted octanol–water partition coefficient (Wildman–Crippen LogP) is 5.71. The van der Waals surface area contributed by atoms with Crippen molar-refractivity contribution in [3.63, 3.8) is 0 Å². The van der Waals surface area contributed by atoms with Crippen molar-refractivity contribution < 1.29 is 9.84 Å². The molecule has 0 saturated heterocycles. The number of fused-ring (bicyclic) bond motifs is 1. The zero-order valence-electron chi connectivity index (χ0n) is 15.7. The summed E-state index contributed by atoms with van der Waals surface area (Å²) in [6, 6.07) is 16.6. The molecule has 1 aromatic heterocycles. The molecule has 2 aliphatic carbocycles. The molecule has 144 valence electrons. The van der Waals surface area contributed by atoms with Crippen molar-refractivity contribution in [1.29, 1.82) is 0 Å². The average Bonchev–Trinajstić information content (AvgIpc) is 3.46. The fraction of sp³-hybridized carbons (Fsp3) is 0.348. The summed E-state index contributed by atoms with van der Waals surface area (Å²) in [5.74, 6) is 1.56. The van der Waals surface area contributed by atoms with Crippen LogP contribution in [0.3, 0.4) is 0 Å². The highest BCUT2D eigenvalue weighted by Crippen LogP contribution is 2.42. The van der Waals surface area contributed by atoms with Crippen LogP contribution in [0.25, 0.3) is 11.1 Å². The monoisotopic (exact) mass is 392 g/mol. The summed E-state index contributed by atoms with van der Waals surface area (Å²) in [5.41, 5.74) is 4.01. The number of thiazole rings is 1. The maximum absolute atomic E-state index is 10.2. The van der Waals surface area contributed by atoms with Gasteiger partial charge >= 0.3 is 0 Å². The number of hydrogen-bond donors (Lipinski definition) is 2. The van der Waals surface area contributed by atoms with Gasteiger partial charge in [-0.05, 0) is 49.7 Å². The van der Waals surface area contributed by atoms with Gasteiger partial charge in [0.25, 0.3) is 0 Å². The number of aliphatic hydroxyl groups excluding tert-OH is 1. The van der Waals surface area contributed by atoms with Gasteiger partial charge in [0.1, 0.15) is 0 Å². The molecule has 0 spiro atoms. The molecule has 2 aromatic carbocycles. The number of rotatable bonds is 6. The van der Waals surface area contributed by atoms with E-state index >= 15 is 0 Å². The molecule has 0 amide bonds. The normalized spacial score (nSPS) is 18.5. The second-order valence-corrected chi connectivity index (χ2v) is 8.75. The van der Waals surface area contributed by atoms with Crippen LogP contribution in [0.5, 0.6) is 5.75 Å². The number of aryl methyl sites for hydroxylation is 1. The van der Waals surface area contributed by atoms with Crippen LogP contribution in [0.1, 0.15) is 42.4 Å². The number of anilines is 2. The van der Waals surface area contributed by atoms with E-state index in [0.717, 1.165) is 59.3 Å². The van der Waals surface area contributed by atoms with Crippen LogP contribution in [0, 0.1) is 5.92 Å². The summed E-state index contributed by atoms with van der Waals surface area (Å²) in [6.07, 6.45) is 4.91. The second kappa shape index (κ2) is 7.57. The predicted molar refractivity (Wildman–Crippen MR) is 113 cm³/mol. The van der Waals surface area contributed by atoms with Crippen LogP contribution in [0.15, 0.2) is 48.5 Å². The summed E-state index contributed by atoms with van der Waals surface area (Å²) in [5, 5.41) is 14.5. The van der Waals surface area contributed by atoms with Gasteiger partial charge in [0, 0.05) is 10.4 Å². The van der Waals surface area contributed by atoms with E-state index in [0.29, 0.717) is 5.92 Å². The van der Waals surface area contributed by atoms with Gasteiger partial charge in [-0.2, -0.15) is 0 Å². The van der Waals surface area contributed by atoms with Gasteiger partial charge in [-0.15, -0.1) is 11.3 Å². The Morgan fingerprint density at radius 1 is 1.07 bits per heavy atom. The highest BCUT2D eigenvalue weighted by molar-refractivity contribution is 7.15. The number of aromatic nitrogens is 1. The van der Waals surface area contributed by atoms with E-state index < -0.39 is 6.10 Å². The molecule has 5 heteroatoms. The minimum absolute atomic E-state index is 0.434. The van der Waals surface area contributed by atoms with Gasteiger partial charge < -0.3 is 15.2 Å². The maximum Gasteiger partial charge on any atom is 0.187 e. The minimum Gasteiger partial charge on any atom is -0.490 e. The van der Waals surface area contributed by atoms with Crippen molar-refractivity contribution >= 4 is 22.2 Å². The lowest BCUT2D eigenvalue weighted by Gasteiger charge is -2.16. The third kappa shape index (κ3) is 3.64. The van der Waals surface area contributed by atoms with E-state index in [1.165, 1.54) is 17.7 Å².